The van der Waals surface area contributed by atoms with E-state index in [0.29, 0.717) is 5.92 Å². The fourth-order valence-corrected chi connectivity index (χ4v) is 3.41. The molecule has 7 nitrogen and oxygen atoms in total. The van der Waals surface area contributed by atoms with Crippen LogP contribution < -0.4 is 5.32 Å². The maximum atomic E-state index is 12.2. The molecule has 2 aliphatic heterocycles. The zero-order valence-corrected chi connectivity index (χ0v) is 14.6. The monoisotopic (exact) mass is 335 g/mol. The lowest BCUT2D eigenvalue weighted by molar-refractivity contribution is -0.124. The number of morpholine rings is 1. The van der Waals surface area contributed by atoms with Crippen LogP contribution in [0, 0.1) is 5.92 Å². The number of hydrogen-bond donors (Lipinski definition) is 1. The zero-order chi connectivity index (χ0) is 16.8. The molecular weight excluding hydrogens is 306 g/mol. The van der Waals surface area contributed by atoms with E-state index in [2.05, 4.69) is 20.2 Å². The molecule has 1 N–H and O–H groups in total. The topological polar surface area (TPSA) is 62.6 Å². The zero-order valence-electron chi connectivity index (χ0n) is 14.6. The highest BCUT2D eigenvalue weighted by Gasteiger charge is 2.24. The van der Waals surface area contributed by atoms with Gasteiger partial charge in [0, 0.05) is 51.7 Å². The van der Waals surface area contributed by atoms with Gasteiger partial charge in [0.2, 0.25) is 5.91 Å². The first-order valence-electron chi connectivity index (χ1n) is 9.01. The van der Waals surface area contributed by atoms with Gasteiger partial charge in [-0.15, -0.1) is 0 Å². The molecule has 2 fully saturated rings. The number of nitrogens with zero attached hydrogens (tertiary/aromatic N) is 4. The van der Waals surface area contributed by atoms with E-state index in [9.17, 15) is 4.79 Å². The number of carbonyl (C=O) groups is 1. The van der Waals surface area contributed by atoms with Crippen molar-refractivity contribution in [2.45, 2.75) is 19.4 Å². The normalized spacial score (nSPS) is 24.1. The summed E-state index contributed by atoms with van der Waals surface area (Å²) in [5, 5.41) is 7.22. The standard InChI is InChI=1S/C17H29N5O2/c1-15(22-5-2-4-19-22)17(23)18-13-16-3-6-21(14-16)8-7-20-9-11-24-12-10-20/h2,4-5,15-16H,3,6-14H2,1H3,(H,18,23)/t15-,16+/m1/s1. The Morgan fingerprint density at radius 3 is 2.83 bits per heavy atom. The molecule has 3 heterocycles. The van der Waals surface area contributed by atoms with Gasteiger partial charge in [-0.2, -0.15) is 5.10 Å². The summed E-state index contributed by atoms with van der Waals surface area (Å²) in [6.07, 6.45) is 4.69. The van der Waals surface area contributed by atoms with Crippen molar-refractivity contribution in [2.24, 2.45) is 5.92 Å². The largest absolute Gasteiger partial charge is 0.379 e. The second-order valence-corrected chi connectivity index (χ2v) is 6.82. The summed E-state index contributed by atoms with van der Waals surface area (Å²) < 4.78 is 7.08. The van der Waals surface area contributed by atoms with Gasteiger partial charge in [-0.3, -0.25) is 14.4 Å². The van der Waals surface area contributed by atoms with Gasteiger partial charge in [0.05, 0.1) is 13.2 Å². The highest BCUT2D eigenvalue weighted by Crippen LogP contribution is 2.15. The summed E-state index contributed by atoms with van der Waals surface area (Å²) in [6.45, 7) is 10.9. The summed E-state index contributed by atoms with van der Waals surface area (Å²) in [5.41, 5.74) is 0. The van der Waals surface area contributed by atoms with Crippen LogP contribution in [0.5, 0.6) is 0 Å². The maximum Gasteiger partial charge on any atom is 0.244 e. The Hall–Kier alpha value is -1.44. The van der Waals surface area contributed by atoms with Crippen molar-refractivity contribution < 1.29 is 9.53 Å². The van der Waals surface area contributed by atoms with Crippen molar-refractivity contribution in [2.75, 3.05) is 59.0 Å². The van der Waals surface area contributed by atoms with Crippen molar-refractivity contribution in [3.63, 3.8) is 0 Å². The smallest absolute Gasteiger partial charge is 0.244 e. The second-order valence-electron chi connectivity index (χ2n) is 6.82. The van der Waals surface area contributed by atoms with Crippen LogP contribution in [0.25, 0.3) is 0 Å². The van der Waals surface area contributed by atoms with Crippen LogP contribution in [-0.4, -0.2) is 84.5 Å². The SMILES string of the molecule is C[C@H](C(=O)NC[C@@H]1CCN(CCN2CCOCC2)C1)n1cccn1. The summed E-state index contributed by atoms with van der Waals surface area (Å²) in [5.74, 6) is 0.605. The Morgan fingerprint density at radius 2 is 2.08 bits per heavy atom. The van der Waals surface area contributed by atoms with Gasteiger partial charge in [-0.25, -0.2) is 0 Å². The molecule has 24 heavy (non-hydrogen) atoms. The van der Waals surface area contributed by atoms with Gasteiger partial charge < -0.3 is 15.0 Å². The number of aromatic nitrogens is 2. The van der Waals surface area contributed by atoms with Crippen LogP contribution in [0.15, 0.2) is 18.5 Å². The number of amides is 1. The van der Waals surface area contributed by atoms with Crippen LogP contribution >= 0.6 is 0 Å². The van der Waals surface area contributed by atoms with E-state index in [0.717, 1.165) is 59.0 Å². The molecule has 0 unspecified atom stereocenters. The third-order valence-electron chi connectivity index (χ3n) is 5.07. The van der Waals surface area contributed by atoms with Crippen LogP contribution in [0.2, 0.25) is 0 Å². The number of ether oxygens (including phenoxy) is 1. The van der Waals surface area contributed by atoms with E-state index in [1.165, 1.54) is 6.42 Å². The maximum absolute atomic E-state index is 12.2. The van der Waals surface area contributed by atoms with E-state index in [4.69, 9.17) is 4.74 Å². The number of rotatable bonds is 7. The van der Waals surface area contributed by atoms with Gasteiger partial charge in [0.15, 0.2) is 0 Å². The minimum atomic E-state index is -0.251. The minimum absolute atomic E-state index is 0.0467. The fraction of sp³-hybridized carbons (Fsp3) is 0.765. The first-order valence-corrected chi connectivity index (χ1v) is 9.01. The average molecular weight is 335 g/mol. The van der Waals surface area contributed by atoms with Crippen LogP contribution in [-0.2, 0) is 9.53 Å². The molecule has 0 radical (unpaired) electrons. The van der Waals surface area contributed by atoms with Crippen molar-refractivity contribution in [3.05, 3.63) is 18.5 Å². The lowest BCUT2D eigenvalue weighted by Crippen LogP contribution is -2.41. The van der Waals surface area contributed by atoms with Gasteiger partial charge in [-0.05, 0) is 31.9 Å². The molecule has 1 aromatic heterocycles. The lowest BCUT2D eigenvalue weighted by Gasteiger charge is -2.28. The molecular formula is C17H29N5O2. The van der Waals surface area contributed by atoms with Crippen LogP contribution in [0.1, 0.15) is 19.4 Å². The van der Waals surface area contributed by atoms with Crippen molar-refractivity contribution in [1.82, 2.24) is 24.9 Å². The molecule has 0 aliphatic carbocycles. The van der Waals surface area contributed by atoms with Crippen LogP contribution in [0.3, 0.4) is 0 Å². The Labute approximate surface area is 143 Å². The molecule has 134 valence electrons. The molecule has 0 saturated carbocycles. The molecule has 1 aromatic rings. The quantitative estimate of drug-likeness (QED) is 0.772. The van der Waals surface area contributed by atoms with Gasteiger partial charge in [-0.1, -0.05) is 0 Å². The fourth-order valence-electron chi connectivity index (χ4n) is 3.41. The number of likely N-dealkylation sites (tertiary alicyclic amines) is 1. The third kappa shape index (κ3) is 4.78. The van der Waals surface area contributed by atoms with E-state index >= 15 is 0 Å². The molecule has 1 amide bonds. The Bertz CT molecular complexity index is 501. The molecule has 3 rings (SSSR count). The molecule has 2 atom stereocenters. The predicted molar refractivity (Wildman–Crippen MR) is 91.8 cm³/mol. The number of carbonyl (C=O) groups excluding carboxylic acids is 1. The van der Waals surface area contributed by atoms with Gasteiger partial charge in [0.25, 0.3) is 0 Å². The van der Waals surface area contributed by atoms with Crippen molar-refractivity contribution >= 4 is 5.91 Å². The molecule has 0 spiro atoms. The molecule has 0 bridgehead atoms. The van der Waals surface area contributed by atoms with Crippen LogP contribution in [0.4, 0.5) is 0 Å². The summed E-state index contributed by atoms with van der Waals surface area (Å²) in [7, 11) is 0. The number of hydrogen-bond acceptors (Lipinski definition) is 5. The Kier molecular flexibility index (Phi) is 6.23. The third-order valence-corrected chi connectivity index (χ3v) is 5.07. The minimum Gasteiger partial charge on any atom is -0.379 e. The summed E-state index contributed by atoms with van der Waals surface area (Å²) in [4.78, 5) is 17.2. The highest BCUT2D eigenvalue weighted by molar-refractivity contribution is 5.79. The van der Waals surface area contributed by atoms with E-state index < -0.39 is 0 Å². The first kappa shape index (κ1) is 17.4. The molecule has 2 saturated heterocycles. The Balaban J connectivity index is 1.33. The first-order chi connectivity index (χ1) is 11.7. The summed E-state index contributed by atoms with van der Waals surface area (Å²) >= 11 is 0. The molecule has 7 heteroatoms. The van der Waals surface area contributed by atoms with E-state index in [-0.39, 0.29) is 11.9 Å². The van der Waals surface area contributed by atoms with E-state index in [1.807, 2.05) is 19.2 Å². The number of nitrogens with one attached hydrogen (secondary N) is 1. The van der Waals surface area contributed by atoms with E-state index in [1.54, 1.807) is 10.9 Å². The van der Waals surface area contributed by atoms with Gasteiger partial charge >= 0.3 is 0 Å². The lowest BCUT2D eigenvalue weighted by atomic mass is 10.1. The van der Waals surface area contributed by atoms with Crippen molar-refractivity contribution in [3.8, 4) is 0 Å². The molecule has 2 aliphatic rings. The van der Waals surface area contributed by atoms with Crippen molar-refractivity contribution in [1.29, 1.82) is 0 Å². The average Bonchev–Trinajstić information content (AvgIpc) is 3.30. The Morgan fingerprint density at radius 1 is 1.29 bits per heavy atom. The molecule has 0 aromatic carbocycles. The predicted octanol–water partition coefficient (Wildman–Crippen LogP) is 0.214. The summed E-state index contributed by atoms with van der Waals surface area (Å²) in [6, 6.07) is 1.59. The van der Waals surface area contributed by atoms with Gasteiger partial charge in [0.1, 0.15) is 6.04 Å². The second kappa shape index (κ2) is 8.60. The highest BCUT2D eigenvalue weighted by atomic mass is 16.5.